The van der Waals surface area contributed by atoms with Crippen molar-refractivity contribution in [1.29, 1.82) is 0 Å². The minimum Gasteiger partial charge on any atom is -0.746 e. The third kappa shape index (κ3) is 5.55. The Labute approximate surface area is 123 Å². The van der Waals surface area contributed by atoms with Gasteiger partial charge in [-0.2, -0.15) is 0 Å². The second-order valence-electron chi connectivity index (χ2n) is 2.97. The molecule has 5 nitrogen and oxygen atoms in total. The first-order chi connectivity index (χ1) is 7.59. The van der Waals surface area contributed by atoms with Gasteiger partial charge >= 0.3 is 35.9 Å². The van der Waals surface area contributed by atoms with E-state index in [0.29, 0.717) is 6.07 Å². The van der Waals surface area contributed by atoms with E-state index >= 15 is 0 Å². The molecular weight excluding hydrogens is 288 g/mol. The van der Waals surface area contributed by atoms with Gasteiger partial charge in [0, 0.05) is 0 Å². The van der Waals surface area contributed by atoms with Gasteiger partial charge in [0.25, 0.3) is 0 Å². The summed E-state index contributed by atoms with van der Waals surface area (Å²) in [4.78, 5) is 0. The fourth-order valence-corrected chi connectivity index (χ4v) is 1.51. The maximum Gasteiger partial charge on any atom is 1.00 e. The Morgan fingerprint density at radius 3 is 2.33 bits per heavy atom. The van der Waals surface area contributed by atoms with E-state index in [-0.39, 0.29) is 29.6 Å². The molecule has 18 heavy (non-hydrogen) atoms. The number of rotatable bonds is 3. The van der Waals surface area contributed by atoms with Crippen LogP contribution in [0.25, 0.3) is 0 Å². The molecule has 96 valence electrons. The van der Waals surface area contributed by atoms with Crippen molar-refractivity contribution in [2.45, 2.75) is 11.8 Å². The molecule has 0 aromatic heterocycles. The number of ether oxygens (including phenoxy) is 1. The topological polar surface area (TPSA) is 86.7 Å². The van der Waals surface area contributed by atoms with Crippen molar-refractivity contribution in [3.63, 3.8) is 0 Å². The SMILES string of the molecule is O=S(=O)([O-])C(O)c1cccc(OC(F)(F)F)c1.[Na+]. The quantitative estimate of drug-likeness (QED) is 0.521. The summed E-state index contributed by atoms with van der Waals surface area (Å²) in [6.07, 6.45) is -4.94. The fourth-order valence-electron chi connectivity index (χ4n) is 1.03. The van der Waals surface area contributed by atoms with Crippen LogP contribution >= 0.6 is 0 Å². The van der Waals surface area contributed by atoms with E-state index in [1.54, 1.807) is 0 Å². The van der Waals surface area contributed by atoms with Crippen LogP contribution in [0.3, 0.4) is 0 Å². The van der Waals surface area contributed by atoms with Crippen molar-refractivity contribution in [3.05, 3.63) is 29.8 Å². The Kier molecular flexibility index (Phi) is 6.11. The van der Waals surface area contributed by atoms with Gasteiger partial charge in [0.2, 0.25) is 0 Å². The molecule has 1 rings (SSSR count). The van der Waals surface area contributed by atoms with Gasteiger partial charge in [0.05, 0.1) is 0 Å². The van der Waals surface area contributed by atoms with E-state index in [1.165, 1.54) is 0 Å². The van der Waals surface area contributed by atoms with Crippen LogP contribution in [0, 0.1) is 0 Å². The van der Waals surface area contributed by atoms with E-state index in [1.807, 2.05) is 0 Å². The van der Waals surface area contributed by atoms with Gasteiger partial charge in [0.15, 0.2) is 5.44 Å². The molecule has 0 saturated carbocycles. The molecule has 0 spiro atoms. The number of aliphatic hydroxyl groups excluding tert-OH is 1. The molecule has 0 heterocycles. The average molecular weight is 294 g/mol. The van der Waals surface area contributed by atoms with E-state index < -0.39 is 33.2 Å². The zero-order valence-electron chi connectivity index (χ0n) is 9.01. The Balaban J connectivity index is 0.00000289. The zero-order valence-corrected chi connectivity index (χ0v) is 11.8. The minimum atomic E-state index is -5.05. The standard InChI is InChI=1S/C8H7F3O5S.Na/c9-8(10,11)16-6-3-1-2-5(4-6)7(12)17(13,14)15;/h1-4,7,12H,(H,13,14,15);/q;+1/p-1. The predicted molar refractivity (Wildman–Crippen MR) is 47.8 cm³/mol. The number of halogens is 3. The molecule has 1 atom stereocenters. The summed E-state index contributed by atoms with van der Waals surface area (Å²) in [7, 11) is -5.05. The molecule has 1 unspecified atom stereocenters. The summed E-state index contributed by atoms with van der Waals surface area (Å²) >= 11 is 0. The summed E-state index contributed by atoms with van der Waals surface area (Å²) in [5.74, 6) is -0.724. The third-order valence-corrected chi connectivity index (χ3v) is 2.47. The summed E-state index contributed by atoms with van der Waals surface area (Å²) in [5.41, 5.74) is -2.93. The van der Waals surface area contributed by atoms with Crippen molar-refractivity contribution < 1.29 is 65.5 Å². The van der Waals surface area contributed by atoms with Gasteiger partial charge in [0.1, 0.15) is 15.9 Å². The molecular formula is C8H6F3NaO5S. The minimum absolute atomic E-state index is 0. The monoisotopic (exact) mass is 294 g/mol. The molecule has 1 aromatic carbocycles. The first-order valence-electron chi connectivity index (χ1n) is 4.08. The Morgan fingerprint density at radius 1 is 1.33 bits per heavy atom. The first-order valence-corrected chi connectivity index (χ1v) is 5.55. The molecule has 0 amide bonds. The first kappa shape index (κ1) is 17.7. The fraction of sp³-hybridized carbons (Fsp3) is 0.250. The van der Waals surface area contributed by atoms with E-state index in [2.05, 4.69) is 4.74 Å². The van der Waals surface area contributed by atoms with Crippen LogP contribution in [0.4, 0.5) is 13.2 Å². The van der Waals surface area contributed by atoms with Gasteiger partial charge in [-0.3, -0.25) is 0 Å². The van der Waals surface area contributed by atoms with Crippen LogP contribution in [0.15, 0.2) is 24.3 Å². The van der Waals surface area contributed by atoms with Crippen LogP contribution in [0.2, 0.25) is 0 Å². The number of benzene rings is 1. The van der Waals surface area contributed by atoms with Crippen molar-refractivity contribution in [1.82, 2.24) is 0 Å². The average Bonchev–Trinajstić information content (AvgIpc) is 2.12. The number of alkyl halides is 3. The number of aliphatic hydroxyl groups is 1. The molecule has 0 aliphatic carbocycles. The Bertz CT molecular complexity index is 502. The molecule has 1 N–H and O–H groups in total. The van der Waals surface area contributed by atoms with Crippen LogP contribution in [-0.2, 0) is 10.1 Å². The number of hydrogen-bond donors (Lipinski definition) is 1. The van der Waals surface area contributed by atoms with E-state index in [0.717, 1.165) is 18.2 Å². The summed E-state index contributed by atoms with van der Waals surface area (Å²) in [6.45, 7) is 0. The van der Waals surface area contributed by atoms with Crippen molar-refractivity contribution in [2.24, 2.45) is 0 Å². The summed E-state index contributed by atoms with van der Waals surface area (Å²) in [6, 6.07) is 3.53. The molecule has 0 fully saturated rings. The van der Waals surface area contributed by atoms with Crippen molar-refractivity contribution >= 4 is 10.1 Å². The number of hydrogen-bond acceptors (Lipinski definition) is 5. The maximum absolute atomic E-state index is 11.8. The van der Waals surface area contributed by atoms with Crippen molar-refractivity contribution in [2.75, 3.05) is 0 Å². The van der Waals surface area contributed by atoms with E-state index in [4.69, 9.17) is 5.11 Å². The predicted octanol–water partition coefficient (Wildman–Crippen LogP) is -1.87. The second-order valence-corrected chi connectivity index (χ2v) is 4.40. The Morgan fingerprint density at radius 2 is 1.89 bits per heavy atom. The van der Waals surface area contributed by atoms with Crippen LogP contribution in [0.5, 0.6) is 5.75 Å². The van der Waals surface area contributed by atoms with Gasteiger partial charge in [-0.1, -0.05) is 12.1 Å². The van der Waals surface area contributed by atoms with Crippen LogP contribution in [0.1, 0.15) is 11.0 Å². The Hall–Kier alpha value is -0.320. The van der Waals surface area contributed by atoms with Crippen LogP contribution in [-0.4, -0.2) is 24.4 Å². The summed E-state index contributed by atoms with van der Waals surface area (Å²) in [5, 5.41) is 9.04. The van der Waals surface area contributed by atoms with Gasteiger partial charge in [-0.25, -0.2) is 8.42 Å². The molecule has 0 aliphatic rings. The van der Waals surface area contributed by atoms with Gasteiger partial charge in [-0.15, -0.1) is 13.2 Å². The second kappa shape index (κ2) is 6.22. The van der Waals surface area contributed by atoms with E-state index in [9.17, 15) is 26.1 Å². The zero-order chi connectivity index (χ0) is 13.3. The largest absolute Gasteiger partial charge is 1.00 e. The molecule has 0 bridgehead atoms. The molecule has 0 radical (unpaired) electrons. The molecule has 0 saturated heterocycles. The maximum atomic E-state index is 11.8. The third-order valence-electron chi connectivity index (χ3n) is 1.65. The van der Waals surface area contributed by atoms with Crippen LogP contribution < -0.4 is 34.3 Å². The summed E-state index contributed by atoms with van der Waals surface area (Å²) < 4.78 is 70.4. The van der Waals surface area contributed by atoms with Crippen molar-refractivity contribution in [3.8, 4) is 5.75 Å². The van der Waals surface area contributed by atoms with Gasteiger partial charge in [-0.05, 0) is 17.7 Å². The molecule has 1 aromatic rings. The smallest absolute Gasteiger partial charge is 0.746 e. The normalized spacial score (nSPS) is 13.6. The molecule has 0 aliphatic heterocycles. The van der Waals surface area contributed by atoms with Gasteiger partial charge < -0.3 is 14.4 Å². The molecule has 10 heteroatoms.